The largest absolute Gasteiger partial charge is 0.468 e. The van der Waals surface area contributed by atoms with E-state index in [0.717, 1.165) is 18.8 Å². The van der Waals surface area contributed by atoms with Crippen molar-refractivity contribution in [2.75, 3.05) is 19.6 Å². The van der Waals surface area contributed by atoms with Crippen LogP contribution in [0.3, 0.4) is 0 Å². The third-order valence-corrected chi connectivity index (χ3v) is 3.95. The number of nitrogens with one attached hydrogen (secondary N) is 1. The Morgan fingerprint density at radius 2 is 2.18 bits per heavy atom. The highest BCUT2D eigenvalue weighted by Crippen LogP contribution is 2.24. The lowest BCUT2D eigenvalue weighted by atomic mass is 10.1. The van der Waals surface area contributed by atoms with E-state index in [9.17, 15) is 4.79 Å². The Kier molecular flexibility index (Phi) is 4.80. The molecule has 0 saturated carbocycles. The number of carbonyl (C=O) groups excluding carboxylic acids is 1. The number of furan rings is 1. The van der Waals surface area contributed by atoms with Crippen molar-refractivity contribution in [1.29, 1.82) is 0 Å². The van der Waals surface area contributed by atoms with E-state index in [-0.39, 0.29) is 11.9 Å². The Hall–Kier alpha value is -2.21. The van der Waals surface area contributed by atoms with Gasteiger partial charge in [-0.25, -0.2) is 4.98 Å². The van der Waals surface area contributed by atoms with Crippen LogP contribution in [0.15, 0.2) is 41.4 Å². The highest BCUT2D eigenvalue weighted by atomic mass is 16.3. The van der Waals surface area contributed by atoms with Crippen molar-refractivity contribution in [1.82, 2.24) is 20.2 Å². The highest BCUT2D eigenvalue weighted by molar-refractivity contribution is 5.91. The summed E-state index contributed by atoms with van der Waals surface area (Å²) < 4.78 is 5.57. The second kappa shape index (κ2) is 7.17. The van der Waals surface area contributed by atoms with Crippen molar-refractivity contribution in [3.8, 4) is 0 Å². The predicted molar refractivity (Wildman–Crippen MR) is 81.2 cm³/mol. The maximum atomic E-state index is 12.1. The summed E-state index contributed by atoms with van der Waals surface area (Å²) in [6.45, 7) is 2.57. The van der Waals surface area contributed by atoms with Gasteiger partial charge in [-0.3, -0.25) is 14.7 Å². The van der Waals surface area contributed by atoms with Crippen molar-refractivity contribution < 1.29 is 9.21 Å². The standard InChI is InChI=1S/C16H20N4O2/c21-16(13-11-17-6-7-18-13)19-12-14(15-5-4-10-22-15)20-8-2-1-3-9-20/h4-7,10-11,14H,1-3,8-9,12H2,(H,19,21)/t14-/m1/s1. The van der Waals surface area contributed by atoms with Gasteiger partial charge in [0.15, 0.2) is 0 Å². The van der Waals surface area contributed by atoms with E-state index in [1.54, 1.807) is 12.5 Å². The molecule has 0 bridgehead atoms. The summed E-state index contributed by atoms with van der Waals surface area (Å²) in [6.07, 6.45) is 9.87. The van der Waals surface area contributed by atoms with E-state index in [4.69, 9.17) is 4.42 Å². The molecule has 3 heterocycles. The molecular weight excluding hydrogens is 280 g/mol. The molecule has 0 spiro atoms. The summed E-state index contributed by atoms with van der Waals surface area (Å²) in [7, 11) is 0. The molecule has 6 heteroatoms. The van der Waals surface area contributed by atoms with Gasteiger partial charge in [-0.15, -0.1) is 0 Å². The molecule has 1 fully saturated rings. The molecule has 0 aromatic carbocycles. The number of carbonyl (C=O) groups is 1. The maximum Gasteiger partial charge on any atom is 0.271 e. The molecular formula is C16H20N4O2. The van der Waals surface area contributed by atoms with Crippen molar-refractivity contribution in [2.24, 2.45) is 0 Å². The maximum absolute atomic E-state index is 12.1. The van der Waals surface area contributed by atoms with Crippen LogP contribution in [0.5, 0.6) is 0 Å². The Balaban J connectivity index is 1.66. The molecule has 0 radical (unpaired) electrons. The molecule has 1 aliphatic rings. The third-order valence-electron chi connectivity index (χ3n) is 3.95. The van der Waals surface area contributed by atoms with Gasteiger partial charge in [0.1, 0.15) is 11.5 Å². The van der Waals surface area contributed by atoms with E-state index in [1.165, 1.54) is 31.7 Å². The molecule has 1 N–H and O–H groups in total. The summed E-state index contributed by atoms with van der Waals surface area (Å²) >= 11 is 0. The number of hydrogen-bond acceptors (Lipinski definition) is 5. The summed E-state index contributed by atoms with van der Waals surface area (Å²) in [6, 6.07) is 3.92. The second-order valence-corrected chi connectivity index (χ2v) is 5.43. The van der Waals surface area contributed by atoms with Gasteiger partial charge in [-0.1, -0.05) is 6.42 Å². The fourth-order valence-electron chi connectivity index (χ4n) is 2.82. The van der Waals surface area contributed by atoms with E-state index < -0.39 is 0 Å². The lowest BCUT2D eigenvalue weighted by Gasteiger charge is -2.33. The van der Waals surface area contributed by atoms with Gasteiger partial charge >= 0.3 is 0 Å². The Morgan fingerprint density at radius 3 is 2.86 bits per heavy atom. The first kappa shape index (κ1) is 14.7. The number of nitrogens with zero attached hydrogens (tertiary/aromatic N) is 3. The molecule has 2 aromatic rings. The molecule has 1 atom stereocenters. The lowest BCUT2D eigenvalue weighted by molar-refractivity contribution is 0.0909. The van der Waals surface area contributed by atoms with Crippen molar-refractivity contribution >= 4 is 5.91 Å². The minimum Gasteiger partial charge on any atom is -0.468 e. The van der Waals surface area contributed by atoms with Gasteiger partial charge in [-0.05, 0) is 38.1 Å². The predicted octanol–water partition coefficient (Wildman–Crippen LogP) is 2.03. The second-order valence-electron chi connectivity index (χ2n) is 5.43. The van der Waals surface area contributed by atoms with Crippen LogP contribution in [0.1, 0.15) is 41.6 Å². The van der Waals surface area contributed by atoms with Crippen LogP contribution in [0.4, 0.5) is 0 Å². The number of hydrogen-bond donors (Lipinski definition) is 1. The number of rotatable bonds is 5. The fourth-order valence-corrected chi connectivity index (χ4v) is 2.82. The number of amides is 1. The zero-order valence-electron chi connectivity index (χ0n) is 12.4. The molecule has 0 unspecified atom stereocenters. The summed E-state index contributed by atoms with van der Waals surface area (Å²) in [5.41, 5.74) is 0.333. The van der Waals surface area contributed by atoms with Crippen LogP contribution in [-0.2, 0) is 0 Å². The van der Waals surface area contributed by atoms with Crippen LogP contribution >= 0.6 is 0 Å². The van der Waals surface area contributed by atoms with Gasteiger partial charge in [0.05, 0.1) is 18.5 Å². The average molecular weight is 300 g/mol. The summed E-state index contributed by atoms with van der Waals surface area (Å²) in [5.74, 6) is 0.683. The third kappa shape index (κ3) is 3.51. The van der Waals surface area contributed by atoms with Gasteiger partial charge in [0, 0.05) is 18.9 Å². The van der Waals surface area contributed by atoms with Gasteiger partial charge in [0.2, 0.25) is 0 Å². The van der Waals surface area contributed by atoms with Crippen molar-refractivity contribution in [3.63, 3.8) is 0 Å². The molecule has 2 aromatic heterocycles. The smallest absolute Gasteiger partial charge is 0.271 e. The first-order valence-corrected chi connectivity index (χ1v) is 7.66. The topological polar surface area (TPSA) is 71.3 Å². The van der Waals surface area contributed by atoms with Crippen molar-refractivity contribution in [3.05, 3.63) is 48.4 Å². The molecule has 0 aliphatic carbocycles. The fraction of sp³-hybridized carbons (Fsp3) is 0.438. The van der Waals surface area contributed by atoms with Crippen LogP contribution in [0.2, 0.25) is 0 Å². The zero-order valence-corrected chi connectivity index (χ0v) is 12.4. The molecule has 1 saturated heterocycles. The van der Waals surface area contributed by atoms with Crippen LogP contribution in [-0.4, -0.2) is 40.4 Å². The Labute approximate surface area is 129 Å². The van der Waals surface area contributed by atoms with E-state index >= 15 is 0 Å². The van der Waals surface area contributed by atoms with Crippen LogP contribution in [0, 0.1) is 0 Å². The highest BCUT2D eigenvalue weighted by Gasteiger charge is 2.25. The quantitative estimate of drug-likeness (QED) is 0.914. The number of piperidine rings is 1. The molecule has 22 heavy (non-hydrogen) atoms. The average Bonchev–Trinajstić information content (AvgIpc) is 3.11. The van der Waals surface area contributed by atoms with E-state index in [1.807, 2.05) is 12.1 Å². The molecule has 1 aliphatic heterocycles. The monoisotopic (exact) mass is 300 g/mol. The normalized spacial score (nSPS) is 17.1. The Morgan fingerprint density at radius 1 is 1.32 bits per heavy atom. The molecule has 6 nitrogen and oxygen atoms in total. The molecule has 3 rings (SSSR count). The SMILES string of the molecule is O=C(NC[C@H](c1ccco1)N1CCCCC1)c1cnccn1. The van der Waals surface area contributed by atoms with Gasteiger partial charge in [-0.2, -0.15) is 0 Å². The first-order chi connectivity index (χ1) is 10.8. The molecule has 116 valence electrons. The van der Waals surface area contributed by atoms with Crippen LogP contribution < -0.4 is 5.32 Å². The number of likely N-dealkylation sites (tertiary alicyclic amines) is 1. The summed E-state index contributed by atoms with van der Waals surface area (Å²) in [4.78, 5) is 22.5. The van der Waals surface area contributed by atoms with Crippen LogP contribution in [0.25, 0.3) is 0 Å². The van der Waals surface area contributed by atoms with E-state index in [0.29, 0.717) is 12.2 Å². The number of aromatic nitrogens is 2. The minimum absolute atomic E-state index is 0.0657. The van der Waals surface area contributed by atoms with Crippen molar-refractivity contribution in [2.45, 2.75) is 25.3 Å². The molecule has 1 amide bonds. The minimum atomic E-state index is -0.207. The first-order valence-electron chi connectivity index (χ1n) is 7.66. The zero-order chi connectivity index (χ0) is 15.2. The lowest BCUT2D eigenvalue weighted by Crippen LogP contribution is -2.40. The van der Waals surface area contributed by atoms with E-state index in [2.05, 4.69) is 20.2 Å². The van der Waals surface area contributed by atoms with Gasteiger partial charge < -0.3 is 9.73 Å². The van der Waals surface area contributed by atoms with Gasteiger partial charge in [0.25, 0.3) is 5.91 Å². The Bertz CT molecular complexity index is 579. The summed E-state index contributed by atoms with van der Waals surface area (Å²) in [5, 5.41) is 2.94.